The van der Waals surface area contributed by atoms with Crippen molar-refractivity contribution in [2.45, 2.75) is 6.42 Å². The first kappa shape index (κ1) is 17.0. The van der Waals surface area contributed by atoms with Crippen LogP contribution in [0.2, 0.25) is 0 Å². The van der Waals surface area contributed by atoms with Crippen molar-refractivity contribution < 1.29 is 22.5 Å². The van der Waals surface area contributed by atoms with E-state index >= 15 is 0 Å². The summed E-state index contributed by atoms with van der Waals surface area (Å²) >= 11 is 0. The predicted molar refractivity (Wildman–Crippen MR) is 72.9 cm³/mol. The summed E-state index contributed by atoms with van der Waals surface area (Å²) in [4.78, 5) is 21.5. The van der Waals surface area contributed by atoms with Gasteiger partial charge in [-0.05, 0) is 12.5 Å². The van der Waals surface area contributed by atoms with Gasteiger partial charge in [-0.15, -0.1) is 0 Å². The van der Waals surface area contributed by atoms with Crippen LogP contribution in [0.1, 0.15) is 16.8 Å². The van der Waals surface area contributed by atoms with Crippen molar-refractivity contribution in [2.24, 2.45) is 0 Å². The number of carbonyl (C=O) groups excluding carboxylic acids is 1. The van der Waals surface area contributed by atoms with Crippen LogP contribution in [0.15, 0.2) is 18.2 Å². The van der Waals surface area contributed by atoms with Crippen LogP contribution >= 0.6 is 0 Å². The van der Waals surface area contributed by atoms with Gasteiger partial charge in [-0.2, -0.15) is 0 Å². The van der Waals surface area contributed by atoms with E-state index in [9.17, 15) is 27.7 Å². The molecule has 0 atom stereocenters. The van der Waals surface area contributed by atoms with E-state index in [1.807, 2.05) is 0 Å². The molecule has 0 aliphatic heterocycles. The van der Waals surface area contributed by atoms with Crippen LogP contribution in [0.5, 0.6) is 0 Å². The minimum absolute atomic E-state index is 0.101. The number of benzene rings is 1. The van der Waals surface area contributed by atoms with Crippen LogP contribution < -0.4 is 10.0 Å². The maximum absolute atomic E-state index is 13.4. The molecule has 2 N–H and O–H groups in total. The number of sulfonamides is 1. The second-order valence-corrected chi connectivity index (χ2v) is 6.03. The lowest BCUT2D eigenvalue weighted by Gasteiger charge is -2.06. The van der Waals surface area contributed by atoms with Crippen LogP contribution in [-0.2, 0) is 10.0 Å². The Morgan fingerprint density at radius 1 is 1.38 bits per heavy atom. The van der Waals surface area contributed by atoms with Gasteiger partial charge in [0.2, 0.25) is 10.0 Å². The Balaban J connectivity index is 2.56. The van der Waals surface area contributed by atoms with E-state index in [0.717, 1.165) is 24.5 Å². The van der Waals surface area contributed by atoms with Gasteiger partial charge in [-0.25, -0.2) is 17.5 Å². The van der Waals surface area contributed by atoms with E-state index in [4.69, 9.17) is 0 Å². The van der Waals surface area contributed by atoms with Crippen LogP contribution in [0.4, 0.5) is 10.1 Å². The monoisotopic (exact) mass is 319 g/mol. The fourth-order valence-corrected chi connectivity index (χ4v) is 1.96. The highest BCUT2D eigenvalue weighted by molar-refractivity contribution is 7.88. The summed E-state index contributed by atoms with van der Waals surface area (Å²) in [6, 6.07) is 2.65. The summed E-state index contributed by atoms with van der Waals surface area (Å²) in [6.07, 6.45) is 1.30. The second-order valence-electron chi connectivity index (χ2n) is 4.20. The average Bonchev–Trinajstić information content (AvgIpc) is 2.36. The Morgan fingerprint density at radius 2 is 2.05 bits per heavy atom. The molecule has 0 saturated heterocycles. The molecule has 1 amide bonds. The Bertz CT molecular complexity index is 647. The molecular weight excluding hydrogens is 305 g/mol. The number of nitrogens with zero attached hydrogens (tertiary/aromatic N) is 1. The maximum atomic E-state index is 13.4. The third-order valence-electron chi connectivity index (χ3n) is 2.41. The third-order valence-corrected chi connectivity index (χ3v) is 3.14. The first-order valence-electron chi connectivity index (χ1n) is 5.87. The number of nitro benzene ring substituents is 1. The molecular formula is C11H14FN3O5S. The normalized spacial score (nSPS) is 11.1. The highest BCUT2D eigenvalue weighted by atomic mass is 32.2. The molecule has 0 radical (unpaired) electrons. The number of hydrogen-bond donors (Lipinski definition) is 2. The summed E-state index contributed by atoms with van der Waals surface area (Å²) in [7, 11) is -3.30. The molecule has 0 fully saturated rings. The number of amides is 1. The lowest BCUT2D eigenvalue weighted by molar-refractivity contribution is -0.384. The molecule has 1 aromatic rings. The number of rotatable bonds is 7. The van der Waals surface area contributed by atoms with E-state index in [0.29, 0.717) is 6.42 Å². The zero-order chi connectivity index (χ0) is 16.0. The molecule has 8 nitrogen and oxygen atoms in total. The molecule has 1 aromatic carbocycles. The molecule has 0 aliphatic rings. The van der Waals surface area contributed by atoms with Crippen molar-refractivity contribution in [1.82, 2.24) is 10.0 Å². The first-order chi connectivity index (χ1) is 9.70. The van der Waals surface area contributed by atoms with Crippen molar-refractivity contribution in [3.63, 3.8) is 0 Å². The van der Waals surface area contributed by atoms with Gasteiger partial charge in [0.05, 0.1) is 16.7 Å². The summed E-state index contributed by atoms with van der Waals surface area (Å²) in [5.41, 5.74) is -0.819. The third kappa shape index (κ3) is 5.83. The zero-order valence-electron chi connectivity index (χ0n) is 11.1. The largest absolute Gasteiger partial charge is 0.352 e. The molecule has 0 saturated carbocycles. The predicted octanol–water partition coefficient (Wildman–Crippen LogP) is 0.403. The van der Waals surface area contributed by atoms with Crippen molar-refractivity contribution in [3.8, 4) is 0 Å². The number of halogens is 1. The molecule has 21 heavy (non-hydrogen) atoms. The van der Waals surface area contributed by atoms with Gasteiger partial charge in [-0.3, -0.25) is 14.9 Å². The molecule has 10 heteroatoms. The smallest absolute Gasteiger partial charge is 0.270 e. The Hall–Kier alpha value is -2.07. The van der Waals surface area contributed by atoms with Crippen molar-refractivity contribution in [3.05, 3.63) is 39.7 Å². The number of non-ortho nitro benzene ring substituents is 1. The lowest BCUT2D eigenvalue weighted by atomic mass is 10.1. The van der Waals surface area contributed by atoms with E-state index in [-0.39, 0.29) is 18.8 Å². The molecule has 0 unspecified atom stereocenters. The SMILES string of the molecule is CS(=O)(=O)NCCCNC(=O)c1cc([N+](=O)[O-])ccc1F. The van der Waals surface area contributed by atoms with E-state index < -0.39 is 32.2 Å². The molecule has 0 spiro atoms. The van der Waals surface area contributed by atoms with Crippen molar-refractivity contribution in [1.29, 1.82) is 0 Å². The number of carbonyl (C=O) groups is 1. The Morgan fingerprint density at radius 3 is 2.62 bits per heavy atom. The highest BCUT2D eigenvalue weighted by Crippen LogP contribution is 2.16. The van der Waals surface area contributed by atoms with Gasteiger partial charge in [0, 0.05) is 25.2 Å². The summed E-state index contributed by atoms with van der Waals surface area (Å²) < 4.78 is 37.2. The first-order valence-corrected chi connectivity index (χ1v) is 7.76. The Kier molecular flexibility index (Phi) is 5.73. The quantitative estimate of drug-likeness (QED) is 0.428. The van der Waals surface area contributed by atoms with Crippen LogP contribution in [0.25, 0.3) is 0 Å². The van der Waals surface area contributed by atoms with Crippen LogP contribution in [0, 0.1) is 15.9 Å². The molecule has 116 valence electrons. The molecule has 0 bridgehead atoms. The number of hydrogen-bond acceptors (Lipinski definition) is 5. The number of nitrogens with one attached hydrogen (secondary N) is 2. The molecule has 0 aromatic heterocycles. The highest BCUT2D eigenvalue weighted by Gasteiger charge is 2.16. The summed E-state index contributed by atoms with van der Waals surface area (Å²) in [5.74, 6) is -1.66. The van der Waals surface area contributed by atoms with Gasteiger partial charge in [-0.1, -0.05) is 0 Å². The van der Waals surface area contributed by atoms with E-state index in [1.54, 1.807) is 0 Å². The fraction of sp³-hybridized carbons (Fsp3) is 0.364. The number of nitro groups is 1. The molecule has 0 heterocycles. The van der Waals surface area contributed by atoms with E-state index in [2.05, 4.69) is 10.0 Å². The van der Waals surface area contributed by atoms with Crippen LogP contribution in [0.3, 0.4) is 0 Å². The second kappa shape index (κ2) is 7.09. The average molecular weight is 319 g/mol. The fourth-order valence-electron chi connectivity index (χ4n) is 1.44. The van der Waals surface area contributed by atoms with Crippen molar-refractivity contribution in [2.75, 3.05) is 19.3 Å². The maximum Gasteiger partial charge on any atom is 0.270 e. The Labute approximate surface area is 120 Å². The van der Waals surface area contributed by atoms with Gasteiger partial charge in [0.15, 0.2) is 0 Å². The van der Waals surface area contributed by atoms with Gasteiger partial charge in [0.1, 0.15) is 5.82 Å². The minimum atomic E-state index is -3.30. The van der Waals surface area contributed by atoms with Crippen LogP contribution in [-0.4, -0.2) is 38.6 Å². The topological polar surface area (TPSA) is 118 Å². The lowest BCUT2D eigenvalue weighted by Crippen LogP contribution is -2.29. The zero-order valence-corrected chi connectivity index (χ0v) is 11.9. The molecule has 1 rings (SSSR count). The van der Waals surface area contributed by atoms with Gasteiger partial charge >= 0.3 is 0 Å². The standard InChI is InChI=1S/C11H14FN3O5S/c1-21(19,20)14-6-2-5-13-11(16)9-7-8(15(17)18)3-4-10(9)12/h3-4,7,14H,2,5-6H2,1H3,(H,13,16). The minimum Gasteiger partial charge on any atom is -0.352 e. The summed E-state index contributed by atoms with van der Waals surface area (Å²) in [5, 5.41) is 12.9. The van der Waals surface area contributed by atoms with Gasteiger partial charge < -0.3 is 5.32 Å². The molecule has 0 aliphatic carbocycles. The van der Waals surface area contributed by atoms with Crippen molar-refractivity contribution >= 4 is 21.6 Å². The van der Waals surface area contributed by atoms with E-state index in [1.165, 1.54) is 0 Å². The summed E-state index contributed by atoms with van der Waals surface area (Å²) in [6.45, 7) is 0.222. The van der Waals surface area contributed by atoms with Gasteiger partial charge in [0.25, 0.3) is 11.6 Å².